The van der Waals surface area contributed by atoms with Gasteiger partial charge in [0.2, 0.25) is 10.0 Å². The molecule has 0 radical (unpaired) electrons. The van der Waals surface area contributed by atoms with Crippen LogP contribution in [0, 0.1) is 18.3 Å². The molecule has 0 unspecified atom stereocenters. The number of nitrogens with zero attached hydrogens (tertiary/aromatic N) is 1. The average molecular weight is 274 g/mol. The van der Waals surface area contributed by atoms with E-state index < -0.39 is 16.0 Å². The minimum absolute atomic E-state index is 0.0326. The molecule has 0 spiro atoms. The molecule has 0 saturated heterocycles. The lowest BCUT2D eigenvalue weighted by molar-refractivity contribution is 0.0698. The molecule has 1 aromatic rings. The smallest absolute Gasteiger partial charge is 0.347 e. The van der Waals surface area contributed by atoms with Crippen LogP contribution >= 0.6 is 11.3 Å². The Hall–Kier alpha value is -1.43. The number of carboxylic acid groups (broad SMARTS) is 1. The van der Waals surface area contributed by atoms with Gasteiger partial charge in [-0.25, -0.2) is 17.9 Å². The van der Waals surface area contributed by atoms with E-state index in [1.807, 2.05) is 0 Å². The Kier molecular flexibility index (Phi) is 4.22. The quantitative estimate of drug-likeness (QED) is 0.777. The molecule has 1 rings (SSSR count). The van der Waals surface area contributed by atoms with Crippen molar-refractivity contribution in [3.05, 3.63) is 15.8 Å². The zero-order valence-corrected chi connectivity index (χ0v) is 10.6. The van der Waals surface area contributed by atoms with Gasteiger partial charge in [-0.05, 0) is 17.9 Å². The Morgan fingerprint density at radius 2 is 2.29 bits per heavy atom. The number of hydrogen-bond donors (Lipinski definition) is 2. The van der Waals surface area contributed by atoms with Crippen molar-refractivity contribution in [2.75, 3.05) is 6.54 Å². The molecule has 0 aliphatic heterocycles. The third-order valence-corrected chi connectivity index (χ3v) is 4.77. The number of nitrogens with one attached hydrogen (secondary N) is 1. The summed E-state index contributed by atoms with van der Waals surface area (Å²) >= 11 is 0.867. The Bertz CT molecular complexity index is 568. The maximum absolute atomic E-state index is 11.8. The molecular weight excluding hydrogens is 264 g/mol. The van der Waals surface area contributed by atoms with Gasteiger partial charge < -0.3 is 5.11 Å². The fourth-order valence-electron chi connectivity index (χ4n) is 1.23. The number of nitriles is 1. The van der Waals surface area contributed by atoms with Crippen LogP contribution in [0.15, 0.2) is 10.3 Å². The summed E-state index contributed by atoms with van der Waals surface area (Å²) in [6.45, 7) is 1.50. The topological polar surface area (TPSA) is 107 Å². The molecule has 0 aliphatic carbocycles. The first kappa shape index (κ1) is 13.6. The number of sulfonamides is 1. The SMILES string of the molecule is Cc1csc(C(=O)O)c1S(=O)(=O)NCCC#N. The highest BCUT2D eigenvalue weighted by Gasteiger charge is 2.26. The van der Waals surface area contributed by atoms with Crippen LogP contribution in [0.25, 0.3) is 0 Å². The van der Waals surface area contributed by atoms with Crippen molar-refractivity contribution in [1.82, 2.24) is 4.72 Å². The number of aryl methyl sites for hydroxylation is 1. The molecule has 1 aromatic heterocycles. The number of carbonyl (C=O) groups is 1. The molecular formula is C9H10N2O4S2. The van der Waals surface area contributed by atoms with Crippen molar-refractivity contribution in [3.8, 4) is 6.07 Å². The zero-order valence-electron chi connectivity index (χ0n) is 8.93. The van der Waals surface area contributed by atoms with Gasteiger partial charge in [0.15, 0.2) is 0 Å². The van der Waals surface area contributed by atoms with Crippen molar-refractivity contribution >= 4 is 27.3 Å². The van der Waals surface area contributed by atoms with E-state index in [0.717, 1.165) is 11.3 Å². The van der Waals surface area contributed by atoms with Crippen molar-refractivity contribution < 1.29 is 18.3 Å². The van der Waals surface area contributed by atoms with Gasteiger partial charge in [-0.3, -0.25) is 0 Å². The van der Waals surface area contributed by atoms with E-state index >= 15 is 0 Å². The monoisotopic (exact) mass is 274 g/mol. The Morgan fingerprint density at radius 1 is 1.65 bits per heavy atom. The molecule has 8 heteroatoms. The van der Waals surface area contributed by atoms with Gasteiger partial charge in [0.25, 0.3) is 0 Å². The Balaban J connectivity index is 3.11. The lowest BCUT2D eigenvalue weighted by atomic mass is 10.3. The highest BCUT2D eigenvalue weighted by Crippen LogP contribution is 2.26. The summed E-state index contributed by atoms with van der Waals surface area (Å²) < 4.78 is 25.9. The molecule has 6 nitrogen and oxygen atoms in total. The number of carboxylic acids is 1. The van der Waals surface area contributed by atoms with E-state index in [9.17, 15) is 13.2 Å². The molecule has 0 atom stereocenters. The number of thiophene rings is 1. The predicted molar refractivity (Wildman–Crippen MR) is 61.4 cm³/mol. The molecule has 2 N–H and O–H groups in total. The second kappa shape index (κ2) is 5.27. The lowest BCUT2D eigenvalue weighted by Crippen LogP contribution is -2.26. The summed E-state index contributed by atoms with van der Waals surface area (Å²) in [5.41, 5.74) is 0.386. The second-order valence-corrected chi connectivity index (χ2v) is 5.77. The van der Waals surface area contributed by atoms with Crippen molar-refractivity contribution in [3.63, 3.8) is 0 Å². The van der Waals surface area contributed by atoms with E-state index in [2.05, 4.69) is 4.72 Å². The summed E-state index contributed by atoms with van der Waals surface area (Å²) in [5.74, 6) is -1.27. The molecule has 92 valence electrons. The van der Waals surface area contributed by atoms with Crippen LogP contribution in [0.5, 0.6) is 0 Å². The number of rotatable bonds is 5. The zero-order chi connectivity index (χ0) is 13.1. The van der Waals surface area contributed by atoms with Gasteiger partial charge in [-0.1, -0.05) is 0 Å². The Morgan fingerprint density at radius 3 is 2.82 bits per heavy atom. The summed E-state index contributed by atoms with van der Waals surface area (Å²) in [7, 11) is -3.87. The standard InChI is InChI=1S/C9H10N2O4S2/c1-6-5-16-7(9(12)13)8(6)17(14,15)11-4-2-3-10/h5,11H,2,4H2,1H3,(H,12,13). The summed E-state index contributed by atoms with van der Waals surface area (Å²) in [4.78, 5) is 10.4. The third-order valence-electron chi connectivity index (χ3n) is 1.91. The van der Waals surface area contributed by atoms with Crippen LogP contribution < -0.4 is 4.72 Å². The van der Waals surface area contributed by atoms with Gasteiger partial charge >= 0.3 is 5.97 Å². The van der Waals surface area contributed by atoms with Crippen LogP contribution in [0.2, 0.25) is 0 Å². The van der Waals surface area contributed by atoms with Crippen LogP contribution in [0.1, 0.15) is 21.7 Å². The fourth-order valence-corrected chi connectivity index (χ4v) is 3.89. The minimum atomic E-state index is -3.87. The van der Waals surface area contributed by atoms with Crippen molar-refractivity contribution in [2.24, 2.45) is 0 Å². The highest BCUT2D eigenvalue weighted by molar-refractivity contribution is 7.89. The molecule has 17 heavy (non-hydrogen) atoms. The first-order valence-corrected chi connectivity index (χ1v) is 6.94. The first-order valence-electron chi connectivity index (χ1n) is 4.58. The summed E-state index contributed by atoms with van der Waals surface area (Å²) in [6.07, 6.45) is 0.0326. The fraction of sp³-hybridized carbons (Fsp3) is 0.333. The lowest BCUT2D eigenvalue weighted by Gasteiger charge is -2.05. The van der Waals surface area contributed by atoms with Crippen LogP contribution in [-0.4, -0.2) is 26.0 Å². The average Bonchev–Trinajstić information content (AvgIpc) is 2.61. The summed E-state index contributed by atoms with van der Waals surface area (Å²) in [5, 5.41) is 18.7. The van der Waals surface area contributed by atoms with Crippen molar-refractivity contribution in [1.29, 1.82) is 5.26 Å². The van der Waals surface area contributed by atoms with Crippen LogP contribution in [0.4, 0.5) is 0 Å². The number of hydrogen-bond acceptors (Lipinski definition) is 5. The number of aromatic carboxylic acids is 1. The van der Waals surface area contributed by atoms with Gasteiger partial charge in [0.05, 0.1) is 6.07 Å². The molecule has 0 saturated carbocycles. The molecule has 0 fully saturated rings. The molecule has 1 heterocycles. The predicted octanol–water partition coefficient (Wildman–Crippen LogP) is 0.947. The third kappa shape index (κ3) is 3.03. The maximum Gasteiger partial charge on any atom is 0.347 e. The normalized spacial score (nSPS) is 11.1. The second-order valence-electron chi connectivity index (χ2n) is 3.19. The van der Waals surface area contributed by atoms with E-state index in [4.69, 9.17) is 10.4 Å². The Labute approximate surface area is 103 Å². The van der Waals surface area contributed by atoms with Crippen molar-refractivity contribution in [2.45, 2.75) is 18.2 Å². The van der Waals surface area contributed by atoms with E-state index in [0.29, 0.717) is 5.56 Å². The molecule has 0 amide bonds. The largest absolute Gasteiger partial charge is 0.477 e. The maximum atomic E-state index is 11.8. The minimum Gasteiger partial charge on any atom is -0.477 e. The molecule has 0 aromatic carbocycles. The van der Waals surface area contributed by atoms with Gasteiger partial charge in [-0.15, -0.1) is 11.3 Å². The van der Waals surface area contributed by atoms with Gasteiger partial charge in [0, 0.05) is 13.0 Å². The van der Waals surface area contributed by atoms with Crippen LogP contribution in [0.3, 0.4) is 0 Å². The summed E-state index contributed by atoms with van der Waals surface area (Å²) in [6, 6.07) is 1.80. The van der Waals surface area contributed by atoms with E-state index in [1.165, 1.54) is 12.3 Å². The van der Waals surface area contributed by atoms with Gasteiger partial charge in [0.1, 0.15) is 9.77 Å². The molecule has 0 bridgehead atoms. The highest BCUT2D eigenvalue weighted by atomic mass is 32.2. The van der Waals surface area contributed by atoms with Crippen LogP contribution in [-0.2, 0) is 10.0 Å². The van der Waals surface area contributed by atoms with Gasteiger partial charge in [-0.2, -0.15) is 5.26 Å². The van der Waals surface area contributed by atoms with E-state index in [-0.39, 0.29) is 22.7 Å². The molecule has 0 aliphatic rings. The van der Waals surface area contributed by atoms with E-state index in [1.54, 1.807) is 6.07 Å². The first-order chi connectivity index (χ1) is 7.90.